The number of rotatable bonds is 4. The highest BCUT2D eigenvalue weighted by atomic mass is 32.2. The minimum Gasteiger partial charge on any atom is -0.384 e. The number of pyridine rings is 1. The van der Waals surface area contributed by atoms with E-state index in [0.29, 0.717) is 5.82 Å². The summed E-state index contributed by atoms with van der Waals surface area (Å²) in [6.45, 7) is 8.82. The number of fused-ring (bicyclic) bond motifs is 1. The number of sulfone groups is 1. The fraction of sp³-hybridized carbons (Fsp3) is 0.389. The van der Waals surface area contributed by atoms with E-state index in [1.165, 1.54) is 6.26 Å². The molecule has 5 nitrogen and oxygen atoms in total. The fourth-order valence-corrected chi connectivity index (χ4v) is 4.61. The lowest BCUT2D eigenvalue weighted by Gasteiger charge is -2.48. The van der Waals surface area contributed by atoms with Gasteiger partial charge in [-0.1, -0.05) is 18.2 Å². The van der Waals surface area contributed by atoms with E-state index in [1.807, 2.05) is 13.0 Å². The molecule has 2 atom stereocenters. The Morgan fingerprint density at radius 3 is 2.71 bits per heavy atom. The second-order valence-corrected chi connectivity index (χ2v) is 9.00. The molecular weight excluding hydrogens is 322 g/mol. The van der Waals surface area contributed by atoms with Gasteiger partial charge in [0.1, 0.15) is 15.7 Å². The Bertz CT molecular complexity index is 921. The summed E-state index contributed by atoms with van der Waals surface area (Å²) in [7, 11) is -2.96. The molecule has 2 N–H and O–H groups in total. The first-order chi connectivity index (χ1) is 11.2. The van der Waals surface area contributed by atoms with Crippen LogP contribution < -0.4 is 10.6 Å². The van der Waals surface area contributed by atoms with E-state index in [9.17, 15) is 8.42 Å². The molecule has 2 heterocycles. The van der Waals surface area contributed by atoms with Crippen molar-refractivity contribution in [3.63, 3.8) is 0 Å². The van der Waals surface area contributed by atoms with Crippen LogP contribution in [-0.4, -0.2) is 38.0 Å². The Kier molecular flexibility index (Phi) is 4.03. The Balaban J connectivity index is 2.00. The van der Waals surface area contributed by atoms with Gasteiger partial charge in [0.25, 0.3) is 0 Å². The summed E-state index contributed by atoms with van der Waals surface area (Å²) < 4.78 is 23.1. The zero-order valence-corrected chi connectivity index (χ0v) is 15.1. The monoisotopic (exact) mass is 345 g/mol. The number of anilines is 2. The van der Waals surface area contributed by atoms with Crippen LogP contribution in [0.15, 0.2) is 31.0 Å². The van der Waals surface area contributed by atoms with Crippen LogP contribution in [0, 0.1) is 5.92 Å². The quantitative estimate of drug-likeness (QED) is 0.922. The summed E-state index contributed by atoms with van der Waals surface area (Å²) in [6.07, 6.45) is 3.09. The minimum absolute atomic E-state index is 0.164. The van der Waals surface area contributed by atoms with Crippen molar-refractivity contribution in [1.29, 1.82) is 0 Å². The summed E-state index contributed by atoms with van der Waals surface area (Å²) >= 11 is 0. The van der Waals surface area contributed by atoms with Gasteiger partial charge in [0.2, 0.25) is 0 Å². The first-order valence-corrected chi connectivity index (χ1v) is 10.0. The number of allylic oxidation sites excluding steroid dienone is 1. The standard InChI is InChI=1S/C18H23N3O2S/c1-11(2)14-5-6-17(16-8-20-18(19)7-15(14)16)21-9-13(12(21)3)10-24(4,22)23/h5-8,12-13H,1,9-10H2,2-4H3,(H2,19,20)/t12-,13-/m1/s1. The molecule has 0 radical (unpaired) electrons. The third kappa shape index (κ3) is 2.98. The summed E-state index contributed by atoms with van der Waals surface area (Å²) in [6, 6.07) is 6.17. The Morgan fingerprint density at radius 1 is 1.42 bits per heavy atom. The summed E-state index contributed by atoms with van der Waals surface area (Å²) in [5.74, 6) is 0.879. The van der Waals surface area contributed by atoms with Gasteiger partial charge in [-0.15, -0.1) is 0 Å². The van der Waals surface area contributed by atoms with Crippen LogP contribution in [0.25, 0.3) is 16.3 Å². The lowest BCUT2D eigenvalue weighted by Crippen LogP contribution is -2.57. The highest BCUT2D eigenvalue weighted by Crippen LogP contribution is 2.38. The lowest BCUT2D eigenvalue weighted by molar-refractivity contribution is 0.342. The van der Waals surface area contributed by atoms with Crippen molar-refractivity contribution in [2.75, 3.05) is 29.2 Å². The minimum atomic E-state index is -2.96. The van der Waals surface area contributed by atoms with Gasteiger partial charge in [-0.05, 0) is 36.9 Å². The van der Waals surface area contributed by atoms with Crippen molar-refractivity contribution in [3.05, 3.63) is 36.5 Å². The van der Waals surface area contributed by atoms with E-state index in [1.54, 1.807) is 6.20 Å². The molecule has 1 aromatic carbocycles. The molecule has 0 spiro atoms. The fourth-order valence-electron chi connectivity index (χ4n) is 3.45. The summed E-state index contributed by atoms with van der Waals surface area (Å²) in [5.41, 5.74) is 8.97. The first kappa shape index (κ1) is 16.8. The molecule has 0 saturated carbocycles. The Hall–Kier alpha value is -2.08. The molecule has 0 unspecified atom stereocenters. The average Bonchev–Trinajstić information content (AvgIpc) is 2.48. The van der Waals surface area contributed by atoms with Crippen molar-refractivity contribution in [2.45, 2.75) is 19.9 Å². The summed E-state index contributed by atoms with van der Waals surface area (Å²) in [4.78, 5) is 6.47. The second kappa shape index (κ2) is 5.77. The van der Waals surface area contributed by atoms with Crippen molar-refractivity contribution >= 4 is 37.7 Å². The van der Waals surface area contributed by atoms with E-state index in [0.717, 1.165) is 34.1 Å². The molecule has 24 heavy (non-hydrogen) atoms. The smallest absolute Gasteiger partial charge is 0.147 e. The maximum Gasteiger partial charge on any atom is 0.147 e. The van der Waals surface area contributed by atoms with Gasteiger partial charge in [-0.3, -0.25) is 0 Å². The molecule has 1 saturated heterocycles. The van der Waals surface area contributed by atoms with Crippen molar-refractivity contribution in [1.82, 2.24) is 4.98 Å². The van der Waals surface area contributed by atoms with Crippen LogP contribution >= 0.6 is 0 Å². The largest absolute Gasteiger partial charge is 0.384 e. The molecule has 1 aromatic heterocycles. The number of hydrogen-bond donors (Lipinski definition) is 1. The maximum absolute atomic E-state index is 11.5. The summed E-state index contributed by atoms with van der Waals surface area (Å²) in [5, 5.41) is 2.06. The van der Waals surface area contributed by atoms with Gasteiger partial charge in [-0.2, -0.15) is 0 Å². The Morgan fingerprint density at radius 2 is 2.12 bits per heavy atom. The third-order valence-electron chi connectivity index (χ3n) is 4.79. The number of benzene rings is 1. The second-order valence-electron chi connectivity index (χ2n) is 6.81. The van der Waals surface area contributed by atoms with Gasteiger partial charge < -0.3 is 10.6 Å². The van der Waals surface area contributed by atoms with Crippen molar-refractivity contribution in [2.24, 2.45) is 5.92 Å². The zero-order chi connectivity index (χ0) is 17.6. The highest BCUT2D eigenvalue weighted by Gasteiger charge is 2.38. The molecule has 1 fully saturated rings. The molecule has 128 valence electrons. The molecule has 3 rings (SSSR count). The van der Waals surface area contributed by atoms with Gasteiger partial charge in [0, 0.05) is 42.0 Å². The molecule has 6 heteroatoms. The molecule has 2 aromatic rings. The van der Waals surface area contributed by atoms with Gasteiger partial charge >= 0.3 is 0 Å². The van der Waals surface area contributed by atoms with Crippen LogP contribution in [0.4, 0.5) is 11.5 Å². The molecular formula is C18H23N3O2S. The zero-order valence-electron chi connectivity index (χ0n) is 14.3. The van der Waals surface area contributed by atoms with Crippen LogP contribution in [0.5, 0.6) is 0 Å². The van der Waals surface area contributed by atoms with E-state index in [-0.39, 0.29) is 17.7 Å². The van der Waals surface area contributed by atoms with Crippen molar-refractivity contribution in [3.8, 4) is 0 Å². The van der Waals surface area contributed by atoms with Gasteiger partial charge in [-0.25, -0.2) is 13.4 Å². The van der Waals surface area contributed by atoms with E-state index in [2.05, 4.69) is 35.5 Å². The van der Waals surface area contributed by atoms with Crippen molar-refractivity contribution < 1.29 is 8.42 Å². The van der Waals surface area contributed by atoms with Crippen LogP contribution in [-0.2, 0) is 9.84 Å². The number of nitrogen functional groups attached to an aromatic ring is 1. The first-order valence-electron chi connectivity index (χ1n) is 7.96. The SMILES string of the molecule is C=C(C)c1ccc(N2C[C@H](CS(C)(=O)=O)[C@H]2C)c2cnc(N)cc12. The Labute approximate surface area is 143 Å². The van der Waals surface area contributed by atoms with Gasteiger partial charge in [0.05, 0.1) is 5.75 Å². The third-order valence-corrected chi connectivity index (χ3v) is 5.82. The molecule has 1 aliphatic rings. The number of hydrogen-bond acceptors (Lipinski definition) is 5. The maximum atomic E-state index is 11.5. The lowest BCUT2D eigenvalue weighted by atomic mass is 9.89. The van der Waals surface area contributed by atoms with E-state index >= 15 is 0 Å². The number of nitrogens with zero attached hydrogens (tertiary/aromatic N) is 2. The average molecular weight is 345 g/mol. The number of aromatic nitrogens is 1. The molecule has 0 amide bonds. The van der Waals surface area contributed by atoms with Crippen LogP contribution in [0.1, 0.15) is 19.4 Å². The number of nitrogens with two attached hydrogens (primary N) is 1. The molecule has 1 aliphatic heterocycles. The normalized spacial score (nSPS) is 20.9. The molecule has 0 aliphatic carbocycles. The molecule has 0 bridgehead atoms. The van der Waals surface area contributed by atoms with Gasteiger partial charge in [0.15, 0.2) is 0 Å². The van der Waals surface area contributed by atoms with E-state index < -0.39 is 9.84 Å². The van der Waals surface area contributed by atoms with E-state index in [4.69, 9.17) is 5.73 Å². The predicted molar refractivity (Wildman–Crippen MR) is 101 cm³/mol. The predicted octanol–water partition coefficient (Wildman–Crippen LogP) is 2.72. The van der Waals surface area contributed by atoms with Crippen LogP contribution in [0.3, 0.4) is 0 Å². The highest BCUT2D eigenvalue weighted by molar-refractivity contribution is 7.90. The van der Waals surface area contributed by atoms with Crippen LogP contribution in [0.2, 0.25) is 0 Å². The topological polar surface area (TPSA) is 76.3 Å².